The van der Waals surface area contributed by atoms with Crippen molar-refractivity contribution in [3.05, 3.63) is 58.1 Å². The molecular formula is C18H18Cl2N2O3S. The fourth-order valence-corrected chi connectivity index (χ4v) is 4.75. The van der Waals surface area contributed by atoms with Crippen LogP contribution in [-0.2, 0) is 10.0 Å². The molecule has 1 aliphatic heterocycles. The maximum atomic E-state index is 12.8. The molecule has 0 aliphatic carbocycles. The number of para-hydroxylation sites is 1. The molecule has 0 unspecified atom stereocenters. The second-order valence-electron chi connectivity index (χ2n) is 6.08. The van der Waals surface area contributed by atoms with E-state index >= 15 is 0 Å². The van der Waals surface area contributed by atoms with Gasteiger partial charge in [-0.05, 0) is 49.6 Å². The van der Waals surface area contributed by atoms with Crippen molar-refractivity contribution in [1.82, 2.24) is 4.90 Å². The summed E-state index contributed by atoms with van der Waals surface area (Å²) in [5.41, 5.74) is 0.537. The van der Waals surface area contributed by atoms with E-state index in [1.165, 1.54) is 18.2 Å². The molecule has 1 saturated heterocycles. The van der Waals surface area contributed by atoms with Crippen LogP contribution in [0.3, 0.4) is 0 Å². The molecule has 1 aliphatic rings. The molecule has 5 nitrogen and oxygen atoms in total. The maximum Gasteiger partial charge on any atom is 0.263 e. The Morgan fingerprint density at radius 2 is 1.69 bits per heavy atom. The Hall–Kier alpha value is -1.76. The minimum atomic E-state index is -3.99. The highest BCUT2D eigenvalue weighted by Crippen LogP contribution is 2.28. The number of benzene rings is 2. The lowest BCUT2D eigenvalue weighted by Crippen LogP contribution is -2.36. The zero-order valence-corrected chi connectivity index (χ0v) is 16.2. The molecule has 138 valence electrons. The fourth-order valence-electron chi connectivity index (χ4n) is 2.91. The van der Waals surface area contributed by atoms with Gasteiger partial charge >= 0.3 is 0 Å². The number of sulfonamides is 1. The Labute approximate surface area is 163 Å². The molecule has 26 heavy (non-hydrogen) atoms. The summed E-state index contributed by atoms with van der Waals surface area (Å²) < 4.78 is 28.0. The lowest BCUT2D eigenvalue weighted by atomic mass is 10.1. The van der Waals surface area contributed by atoms with E-state index in [9.17, 15) is 13.2 Å². The molecular weight excluding hydrogens is 395 g/mol. The monoisotopic (exact) mass is 412 g/mol. The molecule has 2 aromatic carbocycles. The number of nitrogens with one attached hydrogen (secondary N) is 1. The van der Waals surface area contributed by atoms with Crippen LogP contribution >= 0.6 is 23.2 Å². The first kappa shape index (κ1) is 19.0. The van der Waals surface area contributed by atoms with Crippen molar-refractivity contribution in [2.45, 2.75) is 24.2 Å². The first-order valence-electron chi connectivity index (χ1n) is 8.25. The number of hydrogen-bond donors (Lipinski definition) is 1. The van der Waals surface area contributed by atoms with E-state index in [4.69, 9.17) is 23.2 Å². The number of carbonyl (C=O) groups is 1. The number of nitrogens with zero attached hydrogens (tertiary/aromatic N) is 1. The van der Waals surface area contributed by atoms with Crippen molar-refractivity contribution in [3.8, 4) is 0 Å². The summed E-state index contributed by atoms with van der Waals surface area (Å²) in [6.45, 7) is 1.36. The molecule has 2 aromatic rings. The molecule has 1 amide bonds. The normalized spacial score (nSPS) is 14.9. The number of anilines is 1. The van der Waals surface area contributed by atoms with Crippen molar-refractivity contribution in [1.29, 1.82) is 0 Å². The summed E-state index contributed by atoms with van der Waals surface area (Å²) in [5, 5.41) is 0.314. The standard InChI is InChI=1S/C18H18Cl2N2O3S/c19-13-8-9-15(20)17(12-13)26(24,25)21-16-7-3-2-6-14(16)18(23)22-10-4-1-5-11-22/h2-3,6-9,12,21H,1,4-5,10-11H2. The van der Waals surface area contributed by atoms with Gasteiger partial charge in [-0.25, -0.2) is 8.42 Å². The van der Waals surface area contributed by atoms with Gasteiger partial charge in [-0.1, -0.05) is 35.3 Å². The predicted molar refractivity (Wildman–Crippen MR) is 103 cm³/mol. The molecule has 0 radical (unpaired) electrons. The van der Waals surface area contributed by atoms with Crippen LogP contribution in [-0.4, -0.2) is 32.3 Å². The molecule has 0 saturated carbocycles. The van der Waals surface area contributed by atoms with Crippen LogP contribution in [0, 0.1) is 0 Å². The fraction of sp³-hybridized carbons (Fsp3) is 0.278. The molecule has 0 spiro atoms. The summed E-state index contributed by atoms with van der Waals surface area (Å²) in [5.74, 6) is -0.180. The Balaban J connectivity index is 1.93. The topological polar surface area (TPSA) is 66.5 Å². The molecule has 1 heterocycles. The third-order valence-electron chi connectivity index (χ3n) is 4.23. The molecule has 1 fully saturated rings. The second kappa shape index (κ2) is 7.86. The van der Waals surface area contributed by atoms with E-state index in [0.717, 1.165) is 19.3 Å². The number of hydrogen-bond acceptors (Lipinski definition) is 3. The Kier molecular flexibility index (Phi) is 5.75. The number of piperidine rings is 1. The summed E-state index contributed by atoms with van der Waals surface area (Å²) in [6.07, 6.45) is 3.01. The largest absolute Gasteiger partial charge is 0.339 e. The molecule has 0 atom stereocenters. The average Bonchev–Trinajstić information content (AvgIpc) is 2.64. The summed E-state index contributed by atoms with van der Waals surface area (Å²) >= 11 is 11.9. The minimum Gasteiger partial charge on any atom is -0.339 e. The lowest BCUT2D eigenvalue weighted by Gasteiger charge is -2.27. The van der Waals surface area contributed by atoms with Crippen molar-refractivity contribution < 1.29 is 13.2 Å². The van der Waals surface area contributed by atoms with Crippen molar-refractivity contribution in [2.24, 2.45) is 0 Å². The van der Waals surface area contributed by atoms with Crippen LogP contribution in [0.15, 0.2) is 47.4 Å². The molecule has 8 heteroatoms. The summed E-state index contributed by atoms with van der Waals surface area (Å²) in [6, 6.07) is 10.8. The highest BCUT2D eigenvalue weighted by Gasteiger charge is 2.24. The number of rotatable bonds is 4. The van der Waals surface area contributed by atoms with Gasteiger partial charge in [0.2, 0.25) is 0 Å². The number of amides is 1. The molecule has 0 aromatic heterocycles. The summed E-state index contributed by atoms with van der Waals surface area (Å²) in [4.78, 5) is 14.4. The van der Waals surface area contributed by atoms with E-state index in [-0.39, 0.29) is 26.5 Å². The molecule has 1 N–H and O–H groups in total. The van der Waals surface area contributed by atoms with E-state index < -0.39 is 10.0 Å². The number of carbonyl (C=O) groups excluding carboxylic acids is 1. The van der Waals surface area contributed by atoms with Crippen LogP contribution in [0.1, 0.15) is 29.6 Å². The van der Waals surface area contributed by atoms with Gasteiger partial charge in [-0.15, -0.1) is 0 Å². The predicted octanol–water partition coefficient (Wildman–Crippen LogP) is 4.42. The van der Waals surface area contributed by atoms with Crippen molar-refractivity contribution in [3.63, 3.8) is 0 Å². The van der Waals surface area contributed by atoms with E-state index in [1.807, 2.05) is 0 Å². The van der Waals surface area contributed by atoms with Gasteiger partial charge < -0.3 is 4.90 Å². The third kappa shape index (κ3) is 4.14. The lowest BCUT2D eigenvalue weighted by molar-refractivity contribution is 0.0725. The van der Waals surface area contributed by atoms with Crippen LogP contribution in [0.5, 0.6) is 0 Å². The van der Waals surface area contributed by atoms with Crippen LogP contribution in [0.2, 0.25) is 10.0 Å². The Morgan fingerprint density at radius 3 is 2.42 bits per heavy atom. The second-order valence-corrected chi connectivity index (χ2v) is 8.57. The molecule has 3 rings (SSSR count). The smallest absolute Gasteiger partial charge is 0.263 e. The average molecular weight is 413 g/mol. The number of likely N-dealkylation sites (tertiary alicyclic amines) is 1. The zero-order chi connectivity index (χ0) is 18.7. The highest BCUT2D eigenvalue weighted by molar-refractivity contribution is 7.92. The number of halogens is 2. The van der Waals surface area contributed by atoms with Crippen LogP contribution in [0.25, 0.3) is 0 Å². The van der Waals surface area contributed by atoms with E-state index in [2.05, 4.69) is 4.72 Å². The van der Waals surface area contributed by atoms with Crippen molar-refractivity contribution >= 4 is 44.8 Å². The van der Waals surface area contributed by atoms with Gasteiger partial charge in [0.05, 0.1) is 16.3 Å². The Bertz CT molecular complexity index is 926. The zero-order valence-electron chi connectivity index (χ0n) is 13.9. The van der Waals surface area contributed by atoms with Crippen LogP contribution in [0.4, 0.5) is 5.69 Å². The minimum absolute atomic E-state index is 0.0572. The van der Waals surface area contributed by atoms with Gasteiger partial charge in [0.1, 0.15) is 4.90 Å². The van der Waals surface area contributed by atoms with Gasteiger partial charge in [-0.3, -0.25) is 9.52 Å². The molecule has 0 bridgehead atoms. The van der Waals surface area contributed by atoms with Crippen molar-refractivity contribution in [2.75, 3.05) is 17.8 Å². The van der Waals surface area contributed by atoms with Crippen LogP contribution < -0.4 is 4.72 Å². The van der Waals surface area contributed by atoms with Gasteiger partial charge in [-0.2, -0.15) is 0 Å². The van der Waals surface area contributed by atoms with Gasteiger partial charge in [0.25, 0.3) is 15.9 Å². The third-order valence-corrected chi connectivity index (χ3v) is 6.31. The van der Waals surface area contributed by atoms with Gasteiger partial charge in [0, 0.05) is 18.1 Å². The highest BCUT2D eigenvalue weighted by atomic mass is 35.5. The summed E-state index contributed by atoms with van der Waals surface area (Å²) in [7, 11) is -3.99. The van der Waals surface area contributed by atoms with Gasteiger partial charge in [0.15, 0.2) is 0 Å². The van der Waals surface area contributed by atoms with E-state index in [0.29, 0.717) is 18.7 Å². The Morgan fingerprint density at radius 1 is 1.00 bits per heavy atom. The first-order chi connectivity index (χ1) is 12.4. The maximum absolute atomic E-state index is 12.8. The SMILES string of the molecule is O=C(c1ccccc1NS(=O)(=O)c1cc(Cl)ccc1Cl)N1CCCCC1. The quantitative estimate of drug-likeness (QED) is 0.807. The van der Waals surface area contributed by atoms with E-state index in [1.54, 1.807) is 29.2 Å². The first-order valence-corrected chi connectivity index (χ1v) is 10.5.